The molecule has 0 saturated heterocycles. The summed E-state index contributed by atoms with van der Waals surface area (Å²) in [5.74, 6) is 0.703. The van der Waals surface area contributed by atoms with Gasteiger partial charge in [0.2, 0.25) is 0 Å². The predicted molar refractivity (Wildman–Crippen MR) is 79.8 cm³/mol. The minimum atomic E-state index is -0.540. The van der Waals surface area contributed by atoms with Crippen molar-refractivity contribution in [3.05, 3.63) is 59.7 Å². The van der Waals surface area contributed by atoms with Gasteiger partial charge in [0.25, 0.3) is 0 Å². The van der Waals surface area contributed by atoms with Crippen LogP contribution in [0.15, 0.2) is 53.5 Å². The number of benzene rings is 2. The van der Waals surface area contributed by atoms with E-state index >= 15 is 0 Å². The molecule has 2 rings (SSSR count). The van der Waals surface area contributed by atoms with Crippen molar-refractivity contribution >= 4 is 11.9 Å². The van der Waals surface area contributed by atoms with Crippen molar-refractivity contribution in [2.75, 3.05) is 12.8 Å². The summed E-state index contributed by atoms with van der Waals surface area (Å²) in [5, 5.41) is 9.21. The van der Waals surface area contributed by atoms with Gasteiger partial charge in [-0.05, 0) is 23.8 Å². The van der Waals surface area contributed by atoms with E-state index in [1.807, 2.05) is 30.3 Å². The van der Waals surface area contributed by atoms with Gasteiger partial charge in [-0.2, -0.15) is 5.26 Å². The molecule has 0 radical (unpaired) electrons. The number of aliphatic imine (C=N–C) groups is 1. The van der Waals surface area contributed by atoms with E-state index in [1.54, 1.807) is 31.5 Å². The van der Waals surface area contributed by atoms with Gasteiger partial charge < -0.3 is 10.5 Å². The number of nitriles is 1. The lowest BCUT2D eigenvalue weighted by Crippen LogP contribution is -1.97. The number of nitrogens with two attached hydrogens (primary N) is 1. The Labute approximate surface area is 118 Å². The van der Waals surface area contributed by atoms with Gasteiger partial charge in [0.05, 0.1) is 13.2 Å². The molecule has 0 bridgehead atoms. The Morgan fingerprint density at radius 1 is 1.25 bits per heavy atom. The SMILES string of the molecule is COc1ccc(N)c(C=NC(C#N)c2ccccc2)c1. The maximum atomic E-state index is 9.21. The molecule has 0 saturated carbocycles. The van der Waals surface area contributed by atoms with E-state index in [4.69, 9.17) is 10.5 Å². The lowest BCUT2D eigenvalue weighted by Gasteiger charge is -2.06. The Balaban J connectivity index is 2.26. The standard InChI is InChI=1S/C16H15N3O/c1-20-14-7-8-15(18)13(9-14)11-19-16(10-17)12-5-3-2-4-6-12/h2-9,11,16H,18H2,1H3. The van der Waals surface area contributed by atoms with E-state index in [2.05, 4.69) is 11.1 Å². The normalized spacial score (nSPS) is 12.0. The number of hydrogen-bond donors (Lipinski definition) is 1. The van der Waals surface area contributed by atoms with Gasteiger partial charge >= 0.3 is 0 Å². The summed E-state index contributed by atoms with van der Waals surface area (Å²) in [4.78, 5) is 4.30. The van der Waals surface area contributed by atoms with E-state index in [9.17, 15) is 5.26 Å². The van der Waals surface area contributed by atoms with E-state index in [1.165, 1.54) is 0 Å². The van der Waals surface area contributed by atoms with Gasteiger partial charge in [0.15, 0.2) is 6.04 Å². The molecule has 4 heteroatoms. The molecule has 0 aromatic heterocycles. The molecule has 0 spiro atoms. The number of nitrogen functional groups attached to an aromatic ring is 1. The Hall–Kier alpha value is -2.80. The first-order chi connectivity index (χ1) is 9.74. The minimum Gasteiger partial charge on any atom is -0.497 e. The number of nitrogens with zero attached hydrogens (tertiary/aromatic N) is 2. The van der Waals surface area contributed by atoms with Crippen LogP contribution in [0.3, 0.4) is 0 Å². The Bertz CT molecular complexity index is 645. The summed E-state index contributed by atoms with van der Waals surface area (Å²) < 4.78 is 5.15. The first kappa shape index (κ1) is 13.6. The fourth-order valence-electron chi connectivity index (χ4n) is 1.78. The quantitative estimate of drug-likeness (QED) is 0.682. The van der Waals surface area contributed by atoms with Crippen LogP contribution in [0.5, 0.6) is 5.75 Å². The Kier molecular flexibility index (Phi) is 4.35. The van der Waals surface area contributed by atoms with Crippen LogP contribution >= 0.6 is 0 Å². The molecule has 0 aliphatic carbocycles. The molecule has 1 unspecified atom stereocenters. The summed E-state index contributed by atoms with van der Waals surface area (Å²) in [6, 6.07) is 16.4. The van der Waals surface area contributed by atoms with Crippen molar-refractivity contribution in [1.29, 1.82) is 5.26 Å². The number of rotatable bonds is 4. The zero-order valence-corrected chi connectivity index (χ0v) is 11.2. The van der Waals surface area contributed by atoms with Crippen molar-refractivity contribution in [3.8, 4) is 11.8 Å². The van der Waals surface area contributed by atoms with Gasteiger partial charge in [-0.15, -0.1) is 0 Å². The average Bonchev–Trinajstić information content (AvgIpc) is 2.50. The molecule has 1 atom stereocenters. The third kappa shape index (κ3) is 3.15. The first-order valence-corrected chi connectivity index (χ1v) is 6.16. The fraction of sp³-hybridized carbons (Fsp3) is 0.125. The van der Waals surface area contributed by atoms with E-state index in [0.29, 0.717) is 11.4 Å². The molecular weight excluding hydrogens is 250 g/mol. The molecule has 100 valence electrons. The topological polar surface area (TPSA) is 71.4 Å². The molecule has 0 aliphatic rings. The van der Waals surface area contributed by atoms with Crippen LogP contribution < -0.4 is 10.5 Å². The second-order valence-electron chi connectivity index (χ2n) is 4.22. The predicted octanol–water partition coefficient (Wildman–Crippen LogP) is 2.96. The lowest BCUT2D eigenvalue weighted by atomic mass is 10.1. The van der Waals surface area contributed by atoms with Crippen molar-refractivity contribution in [2.24, 2.45) is 4.99 Å². The summed E-state index contributed by atoms with van der Waals surface area (Å²) >= 11 is 0. The van der Waals surface area contributed by atoms with Crippen molar-refractivity contribution in [1.82, 2.24) is 0 Å². The summed E-state index contributed by atoms with van der Waals surface area (Å²) in [7, 11) is 1.59. The van der Waals surface area contributed by atoms with E-state index in [0.717, 1.165) is 11.1 Å². The number of anilines is 1. The van der Waals surface area contributed by atoms with Crippen LogP contribution in [0.25, 0.3) is 0 Å². The van der Waals surface area contributed by atoms with E-state index < -0.39 is 6.04 Å². The van der Waals surface area contributed by atoms with Gasteiger partial charge in [0.1, 0.15) is 5.75 Å². The van der Waals surface area contributed by atoms with Crippen LogP contribution in [0.4, 0.5) is 5.69 Å². The van der Waals surface area contributed by atoms with Crippen molar-refractivity contribution in [2.45, 2.75) is 6.04 Å². The van der Waals surface area contributed by atoms with Crippen LogP contribution in [0, 0.1) is 11.3 Å². The second-order valence-corrected chi connectivity index (χ2v) is 4.22. The summed E-state index contributed by atoms with van der Waals surface area (Å²) in [6.07, 6.45) is 1.61. The third-order valence-corrected chi connectivity index (χ3v) is 2.89. The zero-order valence-electron chi connectivity index (χ0n) is 11.2. The van der Waals surface area contributed by atoms with Gasteiger partial charge in [-0.1, -0.05) is 30.3 Å². The van der Waals surface area contributed by atoms with Crippen LogP contribution in [-0.2, 0) is 0 Å². The highest BCUT2D eigenvalue weighted by atomic mass is 16.5. The van der Waals surface area contributed by atoms with Crippen LogP contribution in [0.2, 0.25) is 0 Å². The number of hydrogen-bond acceptors (Lipinski definition) is 4. The minimum absolute atomic E-state index is 0.540. The monoisotopic (exact) mass is 265 g/mol. The van der Waals surface area contributed by atoms with Crippen molar-refractivity contribution in [3.63, 3.8) is 0 Å². The molecule has 0 fully saturated rings. The van der Waals surface area contributed by atoms with E-state index in [-0.39, 0.29) is 0 Å². The lowest BCUT2D eigenvalue weighted by molar-refractivity contribution is 0.415. The van der Waals surface area contributed by atoms with Crippen molar-refractivity contribution < 1.29 is 4.74 Å². The molecule has 2 N–H and O–H groups in total. The maximum absolute atomic E-state index is 9.21. The summed E-state index contributed by atoms with van der Waals surface area (Å²) in [5.41, 5.74) is 8.07. The largest absolute Gasteiger partial charge is 0.497 e. The molecule has 0 aliphatic heterocycles. The molecular formula is C16H15N3O. The molecule has 20 heavy (non-hydrogen) atoms. The molecule has 2 aromatic rings. The molecule has 0 amide bonds. The fourth-order valence-corrected chi connectivity index (χ4v) is 1.78. The van der Waals surface area contributed by atoms with Gasteiger partial charge in [0, 0.05) is 17.5 Å². The maximum Gasteiger partial charge on any atom is 0.161 e. The van der Waals surface area contributed by atoms with Gasteiger partial charge in [-0.3, -0.25) is 4.99 Å². The van der Waals surface area contributed by atoms with Crippen LogP contribution in [0.1, 0.15) is 17.2 Å². The Morgan fingerprint density at radius 3 is 2.65 bits per heavy atom. The first-order valence-electron chi connectivity index (χ1n) is 6.16. The average molecular weight is 265 g/mol. The summed E-state index contributed by atoms with van der Waals surface area (Å²) in [6.45, 7) is 0. The third-order valence-electron chi connectivity index (χ3n) is 2.89. The number of methoxy groups -OCH3 is 1. The molecule has 0 heterocycles. The highest BCUT2D eigenvalue weighted by molar-refractivity contribution is 5.87. The van der Waals surface area contributed by atoms with Crippen LogP contribution in [-0.4, -0.2) is 13.3 Å². The highest BCUT2D eigenvalue weighted by Gasteiger charge is 2.07. The molecule has 2 aromatic carbocycles. The van der Waals surface area contributed by atoms with Gasteiger partial charge in [-0.25, -0.2) is 0 Å². The smallest absolute Gasteiger partial charge is 0.161 e. The Morgan fingerprint density at radius 2 is 2.00 bits per heavy atom. The second kappa shape index (κ2) is 6.39. The molecule has 4 nitrogen and oxygen atoms in total. The number of ether oxygens (including phenoxy) is 1. The zero-order chi connectivity index (χ0) is 14.4. The highest BCUT2D eigenvalue weighted by Crippen LogP contribution is 2.20.